The van der Waals surface area contributed by atoms with E-state index in [0.717, 1.165) is 48.7 Å². The van der Waals surface area contributed by atoms with Crippen LogP contribution in [0.4, 0.5) is 11.5 Å². The molecule has 8 rings (SSSR count). The van der Waals surface area contributed by atoms with Crippen molar-refractivity contribution in [2.75, 3.05) is 49.1 Å². The van der Waals surface area contributed by atoms with Crippen LogP contribution < -0.4 is 9.80 Å². The fraction of sp³-hybridized carbons (Fsp3) is 0.581. The predicted molar refractivity (Wildman–Crippen MR) is 153 cm³/mol. The first-order chi connectivity index (χ1) is 19.7. The number of carbonyl (C=O) groups excluding carboxylic acids is 1. The summed E-state index contributed by atoms with van der Waals surface area (Å²) < 4.78 is 1.80. The van der Waals surface area contributed by atoms with E-state index < -0.39 is 5.97 Å². The number of rotatable bonds is 5. The Morgan fingerprint density at radius 1 is 1.00 bits per heavy atom. The number of hydrogen-bond acceptors (Lipinski definition) is 7. The van der Waals surface area contributed by atoms with Crippen LogP contribution in [0.25, 0.3) is 5.65 Å². The Bertz CT molecular complexity index is 1560. The Balaban J connectivity index is 0.946. The molecule has 41 heavy (non-hydrogen) atoms. The van der Waals surface area contributed by atoms with Crippen LogP contribution in [0.15, 0.2) is 30.5 Å². The molecule has 5 aliphatic rings. The molecule has 2 saturated carbocycles. The van der Waals surface area contributed by atoms with E-state index in [9.17, 15) is 14.7 Å². The number of carboxylic acids is 1. The number of carboxylic acid groups (broad SMARTS) is 1. The van der Waals surface area contributed by atoms with Crippen LogP contribution >= 0.6 is 0 Å². The molecule has 5 fully saturated rings. The van der Waals surface area contributed by atoms with Crippen LogP contribution in [-0.4, -0.2) is 80.7 Å². The molecule has 0 bridgehead atoms. The van der Waals surface area contributed by atoms with Gasteiger partial charge in [-0.05, 0) is 79.5 Å². The van der Waals surface area contributed by atoms with Gasteiger partial charge in [-0.3, -0.25) is 4.79 Å². The van der Waals surface area contributed by atoms with Gasteiger partial charge in [0.1, 0.15) is 5.82 Å². The lowest BCUT2D eigenvalue weighted by molar-refractivity contribution is 0.0487. The lowest BCUT2D eigenvalue weighted by atomic mass is 9.59. The fourth-order valence-corrected chi connectivity index (χ4v) is 8.20. The third-order valence-corrected chi connectivity index (χ3v) is 11.0. The molecule has 10 heteroatoms. The number of aromatic nitrogens is 4. The van der Waals surface area contributed by atoms with Gasteiger partial charge in [0, 0.05) is 51.1 Å². The molecule has 0 radical (unpaired) electrons. The molecule has 3 aliphatic heterocycles. The van der Waals surface area contributed by atoms with Gasteiger partial charge in [0.25, 0.3) is 5.91 Å². The lowest BCUT2D eigenvalue weighted by Gasteiger charge is -2.46. The van der Waals surface area contributed by atoms with Crippen LogP contribution in [0.2, 0.25) is 0 Å². The lowest BCUT2D eigenvalue weighted by Crippen LogP contribution is -2.40. The molecule has 3 saturated heterocycles. The molecule has 1 amide bonds. The maximum absolute atomic E-state index is 13.5. The monoisotopic (exact) mass is 555 g/mol. The minimum atomic E-state index is -1.02. The van der Waals surface area contributed by atoms with Gasteiger partial charge in [0.2, 0.25) is 5.82 Å². The SMILES string of the molecule is Cc1cc(N2CCC(C)(C3CC4(CC4)C3)C2)cn2nc(C(=O)N3C[C@@H]4CN(c5cccc(C(=O)O)n5)C[C@@H]4C3)nc12. The molecule has 6 heterocycles. The van der Waals surface area contributed by atoms with E-state index in [1.807, 2.05) is 11.0 Å². The number of pyridine rings is 2. The second-order valence-electron chi connectivity index (χ2n) is 13.8. The molecule has 2 aliphatic carbocycles. The molecule has 3 aromatic heterocycles. The smallest absolute Gasteiger partial charge is 0.354 e. The van der Waals surface area contributed by atoms with Gasteiger partial charge in [-0.15, -0.1) is 5.10 Å². The summed E-state index contributed by atoms with van der Waals surface area (Å²) in [7, 11) is 0. The van der Waals surface area contributed by atoms with Crippen molar-refractivity contribution < 1.29 is 14.7 Å². The van der Waals surface area contributed by atoms with Gasteiger partial charge >= 0.3 is 5.97 Å². The van der Waals surface area contributed by atoms with Crippen molar-refractivity contribution in [3.8, 4) is 0 Å². The molecule has 3 atom stereocenters. The number of likely N-dealkylation sites (tertiary alicyclic amines) is 1. The van der Waals surface area contributed by atoms with E-state index in [1.54, 1.807) is 10.6 Å². The Labute approximate surface area is 239 Å². The van der Waals surface area contributed by atoms with Crippen molar-refractivity contribution in [3.05, 3.63) is 47.5 Å². The second-order valence-corrected chi connectivity index (χ2v) is 13.8. The summed E-state index contributed by atoms with van der Waals surface area (Å²) in [4.78, 5) is 40.3. The molecular weight excluding hydrogens is 518 g/mol. The minimum Gasteiger partial charge on any atom is -0.477 e. The normalized spacial score (nSPS) is 28.5. The van der Waals surface area contributed by atoms with Crippen molar-refractivity contribution >= 4 is 29.0 Å². The number of aromatic carboxylic acids is 1. The highest BCUT2D eigenvalue weighted by molar-refractivity contribution is 5.91. The predicted octanol–water partition coefficient (Wildman–Crippen LogP) is 3.75. The first-order valence-electron chi connectivity index (χ1n) is 15.1. The number of fused-ring (bicyclic) bond motifs is 2. The average Bonchev–Trinajstić information content (AvgIpc) is 3.24. The Morgan fingerprint density at radius 2 is 1.76 bits per heavy atom. The maximum Gasteiger partial charge on any atom is 0.354 e. The van der Waals surface area contributed by atoms with Crippen LogP contribution in [0.5, 0.6) is 0 Å². The van der Waals surface area contributed by atoms with Crippen LogP contribution in [-0.2, 0) is 0 Å². The van der Waals surface area contributed by atoms with E-state index in [4.69, 9.17) is 0 Å². The third kappa shape index (κ3) is 4.08. The highest BCUT2D eigenvalue weighted by atomic mass is 16.4. The fourth-order valence-electron chi connectivity index (χ4n) is 8.20. The molecule has 1 N–H and O–H groups in total. The zero-order valence-electron chi connectivity index (χ0n) is 23.8. The third-order valence-electron chi connectivity index (χ3n) is 11.0. The molecule has 10 nitrogen and oxygen atoms in total. The van der Waals surface area contributed by atoms with E-state index in [0.29, 0.717) is 36.2 Å². The van der Waals surface area contributed by atoms with Crippen molar-refractivity contribution in [1.82, 2.24) is 24.5 Å². The summed E-state index contributed by atoms with van der Waals surface area (Å²) in [5.41, 5.74) is 4.12. The molecule has 1 unspecified atom stereocenters. The topological polar surface area (TPSA) is 107 Å². The summed E-state index contributed by atoms with van der Waals surface area (Å²) in [6.07, 6.45) is 9.04. The quantitative estimate of drug-likeness (QED) is 0.508. The van der Waals surface area contributed by atoms with Gasteiger partial charge in [-0.1, -0.05) is 13.0 Å². The molecule has 1 spiro atoms. The number of aryl methyl sites for hydroxylation is 1. The van der Waals surface area contributed by atoms with E-state index in [-0.39, 0.29) is 17.4 Å². The second kappa shape index (κ2) is 8.66. The van der Waals surface area contributed by atoms with Crippen molar-refractivity contribution in [2.45, 2.75) is 46.0 Å². The summed E-state index contributed by atoms with van der Waals surface area (Å²) in [5, 5.41) is 14.0. The van der Waals surface area contributed by atoms with E-state index in [1.165, 1.54) is 43.9 Å². The summed E-state index contributed by atoms with van der Waals surface area (Å²) in [6.45, 7) is 9.49. The van der Waals surface area contributed by atoms with Gasteiger partial charge in [0.15, 0.2) is 11.3 Å². The van der Waals surface area contributed by atoms with Gasteiger partial charge in [0.05, 0.1) is 11.9 Å². The highest BCUT2D eigenvalue weighted by Gasteiger charge is 2.58. The molecule has 3 aromatic rings. The molecule has 214 valence electrons. The Hall–Kier alpha value is -3.69. The van der Waals surface area contributed by atoms with Crippen molar-refractivity contribution in [3.63, 3.8) is 0 Å². The first kappa shape index (κ1) is 25.1. The number of nitrogens with zero attached hydrogens (tertiary/aromatic N) is 7. The van der Waals surface area contributed by atoms with Crippen molar-refractivity contribution in [2.24, 2.45) is 28.6 Å². The number of anilines is 2. The summed E-state index contributed by atoms with van der Waals surface area (Å²) >= 11 is 0. The van der Waals surface area contributed by atoms with Crippen molar-refractivity contribution in [1.29, 1.82) is 0 Å². The number of hydrogen-bond donors (Lipinski definition) is 1. The van der Waals surface area contributed by atoms with Crippen LogP contribution in [0.3, 0.4) is 0 Å². The Morgan fingerprint density at radius 3 is 2.46 bits per heavy atom. The number of carbonyl (C=O) groups is 2. The van der Waals surface area contributed by atoms with E-state index >= 15 is 0 Å². The van der Waals surface area contributed by atoms with E-state index in [2.05, 4.69) is 51.0 Å². The standard InChI is InChI=1S/C31H37N7O3/c1-19-10-23(35-9-8-30(2,18-35)22-11-31(12-22)6-7-31)17-38-27(19)33-26(34-38)28(39)37-15-20-13-36(14-21(20)16-37)25-5-3-4-24(32-25)29(40)41/h3-5,10,17,20-22H,6-9,11-16,18H2,1-2H3,(H,40,41)/t20-,21+,30?. The largest absolute Gasteiger partial charge is 0.477 e. The molecular formula is C31H37N7O3. The first-order valence-corrected chi connectivity index (χ1v) is 15.1. The van der Waals surface area contributed by atoms with Gasteiger partial charge in [-0.2, -0.15) is 0 Å². The minimum absolute atomic E-state index is 0.0522. The van der Waals surface area contributed by atoms with Gasteiger partial charge < -0.3 is 19.8 Å². The maximum atomic E-state index is 13.5. The average molecular weight is 556 g/mol. The highest BCUT2D eigenvalue weighted by Crippen LogP contribution is 2.68. The van der Waals surface area contributed by atoms with Gasteiger partial charge in [-0.25, -0.2) is 19.3 Å². The summed E-state index contributed by atoms with van der Waals surface area (Å²) in [5.74, 6) is 1.29. The summed E-state index contributed by atoms with van der Waals surface area (Å²) in [6, 6.07) is 7.30. The Kier molecular flexibility index (Phi) is 5.29. The zero-order valence-corrected chi connectivity index (χ0v) is 23.8. The number of amides is 1. The van der Waals surface area contributed by atoms with Crippen LogP contribution in [0, 0.1) is 35.5 Å². The molecule has 0 aromatic carbocycles. The van der Waals surface area contributed by atoms with Crippen LogP contribution in [0.1, 0.15) is 65.7 Å². The zero-order chi connectivity index (χ0) is 28.1.